The molecule has 1 saturated heterocycles. The maximum Gasteiger partial charge on any atom is 0.469 e. The zero-order chi connectivity index (χ0) is 44.5. The van der Waals surface area contributed by atoms with Crippen LogP contribution in [-0.4, -0.2) is 78.3 Å². The molecule has 0 saturated carbocycles. The highest BCUT2D eigenvalue weighted by molar-refractivity contribution is 7.46. The van der Waals surface area contributed by atoms with Gasteiger partial charge in [0, 0.05) is 13.0 Å². The normalized spacial score (nSPS) is 20.5. The minimum Gasteiger partial charge on any atom is -0.388 e. The smallest absolute Gasteiger partial charge is 0.388 e. The van der Waals surface area contributed by atoms with E-state index in [-0.39, 0.29) is 34.8 Å². The van der Waals surface area contributed by atoms with Crippen molar-refractivity contribution in [2.75, 3.05) is 18.9 Å². The van der Waals surface area contributed by atoms with Crippen LogP contribution in [0.1, 0.15) is 138 Å². The van der Waals surface area contributed by atoms with Gasteiger partial charge in [-0.05, 0) is 36.2 Å². The van der Waals surface area contributed by atoms with Gasteiger partial charge in [-0.2, -0.15) is 28.8 Å². The molecule has 2 aromatic heterocycles. The zero-order valence-corrected chi connectivity index (χ0v) is 35.6. The molecule has 1 aliphatic heterocycles. The Morgan fingerprint density at radius 2 is 1.54 bits per heavy atom. The third-order valence-corrected chi connectivity index (χ3v) is 11.6. The molecule has 15 nitrogen and oxygen atoms in total. The highest BCUT2D eigenvalue weighted by Crippen LogP contribution is 2.45. The number of nitriles is 2. The Morgan fingerprint density at radius 3 is 2.10 bits per heavy atom. The van der Waals surface area contributed by atoms with Crippen molar-refractivity contribution in [3.8, 4) is 12.1 Å². The van der Waals surface area contributed by atoms with Gasteiger partial charge < -0.3 is 39.9 Å². The van der Waals surface area contributed by atoms with Crippen molar-refractivity contribution in [2.45, 2.75) is 165 Å². The number of phosphoric ester groups is 1. The molecule has 2 unspecified atom stereocenters. The van der Waals surface area contributed by atoms with E-state index in [2.05, 4.69) is 17.0 Å². The van der Waals surface area contributed by atoms with Crippen molar-refractivity contribution >= 4 is 19.2 Å². The lowest BCUT2D eigenvalue weighted by atomic mass is 9.91. The number of alkyl halides is 3. The van der Waals surface area contributed by atoms with Crippen LogP contribution in [-0.2, 0) is 41.7 Å². The van der Waals surface area contributed by atoms with Crippen molar-refractivity contribution in [2.24, 2.45) is 0 Å². The molecule has 1 fully saturated rings. The summed E-state index contributed by atoms with van der Waals surface area (Å²) in [7, 11) is -5.37. The number of nitrogen functional groups attached to an aromatic ring is 1. The first-order valence-electron chi connectivity index (χ1n) is 21.2. The Balaban J connectivity index is 1.40. The molecule has 0 radical (unpaired) electrons. The number of aliphatic hydroxyl groups excluding tert-OH is 2. The van der Waals surface area contributed by atoms with Crippen LogP contribution in [0.15, 0.2) is 36.7 Å². The second-order valence-corrected chi connectivity index (χ2v) is 16.9. The second kappa shape index (κ2) is 24.2. The number of rotatable bonds is 28. The summed E-state index contributed by atoms with van der Waals surface area (Å²) in [6.45, 7) is 1.27. The van der Waals surface area contributed by atoms with Gasteiger partial charge in [-0.3, -0.25) is 4.52 Å². The molecule has 61 heavy (non-hydrogen) atoms. The third kappa shape index (κ3) is 14.7. The van der Waals surface area contributed by atoms with Gasteiger partial charge >= 0.3 is 14.0 Å². The molecule has 6 atom stereocenters. The van der Waals surface area contributed by atoms with Crippen LogP contribution in [0.3, 0.4) is 0 Å². The van der Waals surface area contributed by atoms with Gasteiger partial charge in [0.05, 0.1) is 42.2 Å². The fraction of sp³-hybridized carbons (Fsp3) is 0.667. The number of anilines is 1. The number of aromatic nitrogens is 3. The fourth-order valence-electron chi connectivity index (χ4n) is 7.72. The summed E-state index contributed by atoms with van der Waals surface area (Å²) >= 11 is 0. The minimum atomic E-state index is -5.37. The van der Waals surface area contributed by atoms with Gasteiger partial charge in [0.15, 0.2) is 5.82 Å². The third-order valence-electron chi connectivity index (χ3n) is 11.1. The molecule has 1 aromatic carbocycles. The SMILES string of the molecule is CCCCCCCCCCCCCCCCCCOCC(OCc1ccc(C#N)cc1C(F)(F)F)C(C[C@H]1O[C@@](C#N)(c2ccc3c(N)ncnn23)[C@H](O)[C@@H]1O)OP(=O)(O)O. The van der Waals surface area contributed by atoms with Gasteiger partial charge in [0.2, 0.25) is 5.60 Å². The van der Waals surface area contributed by atoms with E-state index in [1.165, 1.54) is 93.3 Å². The summed E-state index contributed by atoms with van der Waals surface area (Å²) in [4.78, 5) is 23.8. The monoisotopic (exact) mass is 880 g/mol. The number of fused-ring (bicyclic) bond motifs is 1. The molecule has 338 valence electrons. The summed E-state index contributed by atoms with van der Waals surface area (Å²) in [6.07, 6.45) is 5.89. The maximum atomic E-state index is 14.1. The van der Waals surface area contributed by atoms with E-state index >= 15 is 0 Å². The van der Waals surface area contributed by atoms with Crippen LogP contribution in [0.25, 0.3) is 5.52 Å². The van der Waals surface area contributed by atoms with E-state index in [1.54, 1.807) is 6.07 Å². The predicted molar refractivity (Wildman–Crippen MR) is 218 cm³/mol. The standard InChI is InChI=1S/C42H60F3N6O9P/c1-2-3-4-5-6-7-8-9-10-11-12-13-14-15-16-17-22-57-27-36(58-26-31-19-18-30(25-46)23-32(31)42(43,44)45)34(60-61(54,55)56)24-35-38(52)39(53)41(28-47,59-35)37-21-20-33-40(48)49-29-50-51(33)37/h18-21,23,29,34-36,38-39,52-53H,2-17,22,24,26-27H2,1H3,(H2,48,49,50)(H2,54,55,56)/t34?,35-,36?,38-,39-,41+/m1/s1. The van der Waals surface area contributed by atoms with Crippen LogP contribution in [0.2, 0.25) is 0 Å². The maximum absolute atomic E-state index is 14.1. The van der Waals surface area contributed by atoms with Crippen LogP contribution < -0.4 is 5.73 Å². The second-order valence-electron chi connectivity index (χ2n) is 15.7. The zero-order valence-electron chi connectivity index (χ0n) is 34.7. The quantitative estimate of drug-likeness (QED) is 0.0346. The summed E-state index contributed by atoms with van der Waals surface area (Å²) < 4.78 is 78.7. The van der Waals surface area contributed by atoms with Crippen LogP contribution >= 0.6 is 7.82 Å². The van der Waals surface area contributed by atoms with Crippen molar-refractivity contribution in [1.29, 1.82) is 10.5 Å². The first-order chi connectivity index (χ1) is 29.1. The first-order valence-corrected chi connectivity index (χ1v) is 22.8. The van der Waals surface area contributed by atoms with Crippen LogP contribution in [0.4, 0.5) is 19.0 Å². The summed E-state index contributed by atoms with van der Waals surface area (Å²) in [6, 6.07) is 9.32. The van der Waals surface area contributed by atoms with Gasteiger partial charge in [-0.25, -0.2) is 14.1 Å². The van der Waals surface area contributed by atoms with Gasteiger partial charge in [-0.1, -0.05) is 109 Å². The number of benzene rings is 1. The number of nitrogens with two attached hydrogens (primary N) is 1. The number of phosphoric acid groups is 1. The van der Waals surface area contributed by atoms with E-state index in [4.69, 9.17) is 24.5 Å². The Labute approximate surface area is 355 Å². The molecule has 6 N–H and O–H groups in total. The summed E-state index contributed by atoms with van der Waals surface area (Å²) in [5, 5.41) is 46.2. The highest BCUT2D eigenvalue weighted by atomic mass is 31.2. The van der Waals surface area contributed by atoms with E-state index in [9.17, 15) is 48.3 Å². The average Bonchev–Trinajstić information content (AvgIpc) is 3.76. The highest BCUT2D eigenvalue weighted by Gasteiger charge is 2.58. The Bertz CT molecular complexity index is 1940. The number of hydrogen-bond donors (Lipinski definition) is 5. The molecular formula is C42H60F3N6O9P. The average molecular weight is 881 g/mol. The van der Waals surface area contributed by atoms with E-state index in [0.29, 0.717) is 12.5 Å². The summed E-state index contributed by atoms with van der Waals surface area (Å²) in [5.41, 5.74) is 2.14. The number of aliphatic hydroxyl groups is 2. The number of nitrogens with zero attached hydrogens (tertiary/aromatic N) is 5. The molecule has 4 rings (SSSR count). The number of halogens is 3. The van der Waals surface area contributed by atoms with Crippen molar-refractivity contribution in [3.63, 3.8) is 0 Å². The topological polar surface area (TPSA) is 239 Å². The van der Waals surface area contributed by atoms with Crippen molar-refractivity contribution in [3.05, 3.63) is 59.0 Å². The Kier molecular flexibility index (Phi) is 19.9. The van der Waals surface area contributed by atoms with E-state index in [1.807, 2.05) is 6.07 Å². The van der Waals surface area contributed by atoms with Gasteiger partial charge in [-0.15, -0.1) is 0 Å². The molecule has 0 bridgehead atoms. The lowest BCUT2D eigenvalue weighted by Crippen LogP contribution is -2.42. The lowest BCUT2D eigenvalue weighted by molar-refractivity contribution is -0.140. The van der Waals surface area contributed by atoms with Crippen molar-refractivity contribution < 1.29 is 56.5 Å². The molecule has 0 aliphatic carbocycles. The molecule has 0 spiro atoms. The van der Waals surface area contributed by atoms with E-state index < -0.39 is 75.3 Å². The molecular weight excluding hydrogens is 820 g/mol. The fourth-order valence-corrected chi connectivity index (χ4v) is 8.29. The Hall–Kier alpha value is -3.68. The minimum absolute atomic E-state index is 0.0314. The molecule has 3 aromatic rings. The summed E-state index contributed by atoms with van der Waals surface area (Å²) in [5.74, 6) is 0.0459. The van der Waals surface area contributed by atoms with Gasteiger partial charge in [0.25, 0.3) is 0 Å². The number of ether oxygens (including phenoxy) is 3. The lowest BCUT2D eigenvalue weighted by Gasteiger charge is -2.30. The number of unbranched alkanes of at least 4 members (excludes halogenated alkanes) is 15. The molecule has 3 heterocycles. The largest absolute Gasteiger partial charge is 0.469 e. The van der Waals surface area contributed by atoms with Crippen molar-refractivity contribution in [1.82, 2.24) is 14.6 Å². The molecule has 19 heteroatoms. The Morgan fingerprint density at radius 1 is 0.934 bits per heavy atom. The number of hydrogen-bond acceptors (Lipinski definition) is 12. The first kappa shape index (κ1) is 50.0. The van der Waals surface area contributed by atoms with Gasteiger partial charge in [0.1, 0.15) is 42.3 Å². The van der Waals surface area contributed by atoms with Crippen LogP contribution in [0, 0.1) is 22.7 Å². The van der Waals surface area contributed by atoms with E-state index in [0.717, 1.165) is 38.1 Å². The van der Waals surface area contributed by atoms with Crippen LogP contribution in [0.5, 0.6) is 0 Å². The molecule has 0 amide bonds. The molecule has 1 aliphatic rings. The predicted octanol–water partition coefficient (Wildman–Crippen LogP) is 7.77.